The summed E-state index contributed by atoms with van der Waals surface area (Å²) in [5.41, 5.74) is 0.701. The van der Waals surface area contributed by atoms with Crippen molar-refractivity contribution >= 4 is 26.8 Å². The summed E-state index contributed by atoms with van der Waals surface area (Å²) in [5.74, 6) is 0.135. The molecule has 0 spiro atoms. The number of H-pyrrole nitrogens is 1. The van der Waals surface area contributed by atoms with Crippen LogP contribution in [-0.4, -0.2) is 52.6 Å². The molecular weight excluding hydrogens is 440 g/mol. The van der Waals surface area contributed by atoms with Crippen LogP contribution in [-0.2, 0) is 16.6 Å². The molecule has 0 unspecified atom stereocenters. The summed E-state index contributed by atoms with van der Waals surface area (Å²) in [5, 5.41) is 0.496. The number of piperidine rings is 1. The molecule has 0 bridgehead atoms. The minimum Gasteiger partial charge on any atom is -0.331 e. The molecule has 3 aromatic rings. The quantitative estimate of drug-likeness (QED) is 0.599. The molecule has 9 heteroatoms. The summed E-state index contributed by atoms with van der Waals surface area (Å²) in [6, 6.07) is 13.1. The highest BCUT2D eigenvalue weighted by molar-refractivity contribution is 7.89. The first-order valence-corrected chi connectivity index (χ1v) is 12.6. The molecule has 8 nitrogen and oxygen atoms in total. The number of nitrogens with one attached hydrogen (secondary N) is 1. The van der Waals surface area contributed by atoms with Crippen LogP contribution in [0.4, 0.5) is 0 Å². The molecule has 1 fully saturated rings. The highest BCUT2D eigenvalue weighted by Gasteiger charge is 2.31. The van der Waals surface area contributed by atoms with Crippen molar-refractivity contribution in [2.75, 3.05) is 13.1 Å². The van der Waals surface area contributed by atoms with E-state index in [4.69, 9.17) is 0 Å². The van der Waals surface area contributed by atoms with E-state index in [-0.39, 0.29) is 28.9 Å². The van der Waals surface area contributed by atoms with Gasteiger partial charge in [-0.1, -0.05) is 18.6 Å². The molecule has 4 rings (SSSR count). The van der Waals surface area contributed by atoms with E-state index in [0.29, 0.717) is 35.4 Å². The van der Waals surface area contributed by atoms with E-state index in [1.165, 1.54) is 12.1 Å². The van der Waals surface area contributed by atoms with Crippen LogP contribution in [0.15, 0.2) is 58.2 Å². The van der Waals surface area contributed by atoms with Crippen LogP contribution in [0.2, 0.25) is 0 Å². The molecule has 1 atom stereocenters. The molecule has 1 saturated heterocycles. The number of hydrogen-bond donors (Lipinski definition) is 1. The van der Waals surface area contributed by atoms with E-state index in [1.54, 1.807) is 39.5 Å². The Morgan fingerprint density at radius 2 is 1.88 bits per heavy atom. The van der Waals surface area contributed by atoms with Crippen LogP contribution >= 0.6 is 0 Å². The summed E-state index contributed by atoms with van der Waals surface area (Å²) >= 11 is 0. The van der Waals surface area contributed by atoms with Crippen LogP contribution in [0, 0.1) is 0 Å². The van der Waals surface area contributed by atoms with Gasteiger partial charge in [0, 0.05) is 24.7 Å². The number of para-hydroxylation sites is 1. The molecular formula is C24H28N4O4S. The number of aromatic amines is 1. The third-order valence-corrected chi connectivity index (χ3v) is 8.15. The highest BCUT2D eigenvalue weighted by atomic mass is 32.2. The minimum absolute atomic E-state index is 0.0303. The predicted octanol–water partition coefficient (Wildman–Crippen LogP) is 3.15. The fourth-order valence-electron chi connectivity index (χ4n) is 4.23. The Morgan fingerprint density at radius 3 is 2.58 bits per heavy atom. The maximum Gasteiger partial charge on any atom is 0.258 e. The van der Waals surface area contributed by atoms with Crippen LogP contribution in [0.3, 0.4) is 0 Å². The minimum atomic E-state index is -3.59. The summed E-state index contributed by atoms with van der Waals surface area (Å²) in [6.07, 6.45) is 2.74. The lowest BCUT2D eigenvalue weighted by Gasteiger charge is -2.32. The van der Waals surface area contributed by atoms with E-state index >= 15 is 0 Å². The van der Waals surface area contributed by atoms with Crippen LogP contribution < -0.4 is 5.56 Å². The summed E-state index contributed by atoms with van der Waals surface area (Å²) in [7, 11) is -3.59. The second kappa shape index (κ2) is 9.44. The van der Waals surface area contributed by atoms with Gasteiger partial charge in [-0.2, -0.15) is 4.31 Å². The number of benzene rings is 2. The van der Waals surface area contributed by atoms with Gasteiger partial charge in [0.1, 0.15) is 5.82 Å². The summed E-state index contributed by atoms with van der Waals surface area (Å²) < 4.78 is 27.6. The summed E-state index contributed by atoms with van der Waals surface area (Å²) in [4.78, 5) is 34.4. The van der Waals surface area contributed by atoms with Crippen LogP contribution in [0.1, 0.15) is 49.3 Å². The van der Waals surface area contributed by atoms with Gasteiger partial charge in [0.2, 0.25) is 10.0 Å². The fraction of sp³-hybridized carbons (Fsp3) is 0.375. The Balaban J connectivity index is 1.54. The number of fused-ring (bicyclic) bond motifs is 1. The zero-order valence-electron chi connectivity index (χ0n) is 18.8. The second-order valence-electron chi connectivity index (χ2n) is 8.33. The zero-order valence-corrected chi connectivity index (χ0v) is 19.6. The number of amides is 1. The number of carbonyl (C=O) groups is 1. The number of aromatic nitrogens is 2. The molecule has 1 amide bonds. The van der Waals surface area contributed by atoms with Crippen LogP contribution in [0.25, 0.3) is 10.9 Å². The molecule has 1 aliphatic rings. The average molecular weight is 469 g/mol. The zero-order chi connectivity index (χ0) is 23.6. The Labute approximate surface area is 193 Å². The van der Waals surface area contributed by atoms with Gasteiger partial charge in [0.05, 0.1) is 22.3 Å². The number of nitrogens with zero attached hydrogens (tertiary/aromatic N) is 3. The lowest BCUT2D eigenvalue weighted by molar-refractivity contribution is 0.0748. The molecule has 1 aliphatic heterocycles. The highest BCUT2D eigenvalue weighted by Crippen LogP contribution is 2.25. The number of carbonyl (C=O) groups excluding carboxylic acids is 1. The maximum atomic E-state index is 13.1. The van der Waals surface area contributed by atoms with Crippen molar-refractivity contribution < 1.29 is 13.2 Å². The Hall–Kier alpha value is -3.04. The maximum absolute atomic E-state index is 13.1. The lowest BCUT2D eigenvalue weighted by atomic mass is 10.1. The number of rotatable bonds is 6. The largest absolute Gasteiger partial charge is 0.331 e. The Bertz CT molecular complexity index is 1320. The van der Waals surface area contributed by atoms with Gasteiger partial charge in [-0.15, -0.1) is 0 Å². The van der Waals surface area contributed by atoms with E-state index in [0.717, 1.165) is 19.3 Å². The van der Waals surface area contributed by atoms with Gasteiger partial charge in [-0.25, -0.2) is 13.4 Å². The third-order valence-electron chi connectivity index (χ3n) is 6.12. The third kappa shape index (κ3) is 4.69. The first-order chi connectivity index (χ1) is 15.8. The molecule has 33 heavy (non-hydrogen) atoms. The number of sulfonamides is 1. The van der Waals surface area contributed by atoms with Gasteiger partial charge < -0.3 is 9.88 Å². The fourth-order valence-corrected chi connectivity index (χ4v) is 5.93. The van der Waals surface area contributed by atoms with Crippen molar-refractivity contribution in [3.8, 4) is 0 Å². The predicted molar refractivity (Wildman–Crippen MR) is 126 cm³/mol. The summed E-state index contributed by atoms with van der Waals surface area (Å²) in [6.45, 7) is 4.83. The Kier molecular flexibility index (Phi) is 6.62. The topological polar surface area (TPSA) is 103 Å². The smallest absolute Gasteiger partial charge is 0.258 e. The first-order valence-electron chi connectivity index (χ1n) is 11.2. The van der Waals surface area contributed by atoms with Crippen molar-refractivity contribution in [2.24, 2.45) is 0 Å². The van der Waals surface area contributed by atoms with Crippen molar-refractivity contribution in [1.29, 1.82) is 0 Å². The standard InChI is InChI=1S/C24H28N4O4S/c1-3-27(16-22-25-21-10-5-4-9-20(21)23(29)26-22)24(30)18-11-13-19(14-12-18)33(31,32)28-15-7-6-8-17(28)2/h4-5,9-14,17H,3,6-8,15-16H2,1-2H3,(H,25,26,29)/t17-/m0/s1. The van der Waals surface area contributed by atoms with Gasteiger partial charge in [-0.3, -0.25) is 9.59 Å². The van der Waals surface area contributed by atoms with Gasteiger partial charge in [0.25, 0.3) is 11.5 Å². The van der Waals surface area contributed by atoms with E-state index in [2.05, 4.69) is 9.97 Å². The van der Waals surface area contributed by atoms with E-state index < -0.39 is 10.0 Å². The average Bonchev–Trinajstić information content (AvgIpc) is 2.82. The molecule has 0 aliphatic carbocycles. The monoisotopic (exact) mass is 468 g/mol. The van der Waals surface area contributed by atoms with Crippen molar-refractivity contribution in [2.45, 2.75) is 50.6 Å². The normalized spacial score (nSPS) is 17.2. The molecule has 1 N–H and O–H groups in total. The Morgan fingerprint density at radius 1 is 1.15 bits per heavy atom. The molecule has 174 valence electrons. The van der Waals surface area contributed by atoms with Crippen molar-refractivity contribution in [3.05, 3.63) is 70.3 Å². The molecule has 0 radical (unpaired) electrons. The van der Waals surface area contributed by atoms with Crippen molar-refractivity contribution in [3.63, 3.8) is 0 Å². The van der Waals surface area contributed by atoms with E-state index in [1.807, 2.05) is 19.9 Å². The molecule has 2 heterocycles. The van der Waals surface area contributed by atoms with Gasteiger partial charge in [0.15, 0.2) is 0 Å². The SMILES string of the molecule is CCN(Cc1nc2ccccc2c(=O)[nH]1)C(=O)c1ccc(S(=O)(=O)N2CCCC[C@@H]2C)cc1. The number of hydrogen-bond acceptors (Lipinski definition) is 5. The van der Waals surface area contributed by atoms with E-state index in [9.17, 15) is 18.0 Å². The van der Waals surface area contributed by atoms with Gasteiger partial charge >= 0.3 is 0 Å². The van der Waals surface area contributed by atoms with Crippen molar-refractivity contribution in [1.82, 2.24) is 19.2 Å². The van der Waals surface area contributed by atoms with Gasteiger partial charge in [-0.05, 0) is 63.1 Å². The van der Waals surface area contributed by atoms with Crippen LogP contribution in [0.5, 0.6) is 0 Å². The first kappa shape index (κ1) is 23.1. The lowest BCUT2D eigenvalue weighted by Crippen LogP contribution is -2.41. The molecule has 1 aromatic heterocycles. The molecule has 2 aromatic carbocycles. The molecule has 0 saturated carbocycles. The second-order valence-corrected chi connectivity index (χ2v) is 10.2.